The van der Waals surface area contributed by atoms with Gasteiger partial charge in [0.2, 0.25) is 0 Å². The second kappa shape index (κ2) is 7.43. The van der Waals surface area contributed by atoms with Crippen LogP contribution in [0.5, 0.6) is 0 Å². The molecule has 6 nitrogen and oxygen atoms in total. The molecule has 0 atom stereocenters. The minimum atomic E-state index is 0.880. The van der Waals surface area contributed by atoms with Gasteiger partial charge < -0.3 is 4.52 Å². The van der Waals surface area contributed by atoms with Crippen molar-refractivity contribution in [3.05, 3.63) is 59.7 Å². The molecule has 0 spiro atoms. The van der Waals surface area contributed by atoms with E-state index in [1.165, 1.54) is 11.1 Å². The highest BCUT2D eigenvalue weighted by Gasteiger charge is 2.18. The van der Waals surface area contributed by atoms with E-state index in [1.807, 2.05) is 37.1 Å². The molecule has 26 heavy (non-hydrogen) atoms. The van der Waals surface area contributed by atoms with Crippen molar-refractivity contribution in [3.63, 3.8) is 0 Å². The van der Waals surface area contributed by atoms with Crippen molar-refractivity contribution in [2.75, 3.05) is 26.2 Å². The van der Waals surface area contributed by atoms with Crippen LogP contribution in [0.3, 0.4) is 0 Å². The first-order valence-electron chi connectivity index (χ1n) is 9.10. The molecule has 4 rings (SSSR count). The molecule has 1 fully saturated rings. The number of piperazine rings is 1. The van der Waals surface area contributed by atoms with Crippen LogP contribution in [0, 0.1) is 6.92 Å². The van der Waals surface area contributed by atoms with Gasteiger partial charge in [-0.05, 0) is 18.1 Å². The Bertz CT molecular complexity index is 843. The van der Waals surface area contributed by atoms with Crippen molar-refractivity contribution in [1.82, 2.24) is 24.7 Å². The quantitative estimate of drug-likeness (QED) is 0.707. The molecule has 1 aliphatic rings. The minimum absolute atomic E-state index is 0.880. The second-order valence-corrected chi connectivity index (χ2v) is 7.08. The van der Waals surface area contributed by atoms with Gasteiger partial charge in [-0.25, -0.2) is 0 Å². The molecule has 3 aromatic rings. The Morgan fingerprint density at radius 2 is 1.65 bits per heavy atom. The number of benzene rings is 1. The summed E-state index contributed by atoms with van der Waals surface area (Å²) < 4.78 is 6.99. The lowest BCUT2D eigenvalue weighted by molar-refractivity contribution is 0.120. The maximum Gasteiger partial charge on any atom is 0.133 e. The summed E-state index contributed by atoms with van der Waals surface area (Å²) in [7, 11) is 1.95. The van der Waals surface area contributed by atoms with Gasteiger partial charge >= 0.3 is 0 Å². The van der Waals surface area contributed by atoms with Gasteiger partial charge in [0.1, 0.15) is 5.76 Å². The van der Waals surface area contributed by atoms with Crippen LogP contribution < -0.4 is 0 Å². The highest BCUT2D eigenvalue weighted by molar-refractivity contribution is 5.61. The summed E-state index contributed by atoms with van der Waals surface area (Å²) in [6.07, 6.45) is 3.95. The molecule has 2 aromatic heterocycles. The van der Waals surface area contributed by atoms with Gasteiger partial charge in [0.25, 0.3) is 0 Å². The second-order valence-electron chi connectivity index (χ2n) is 7.08. The van der Waals surface area contributed by atoms with Gasteiger partial charge in [0.05, 0.1) is 11.9 Å². The Balaban J connectivity index is 1.29. The van der Waals surface area contributed by atoms with Gasteiger partial charge in [-0.3, -0.25) is 14.5 Å². The molecule has 136 valence electrons. The standard InChI is InChI=1S/C20H25N5O/c1-16-11-20(22-26-16)15-25-9-7-24(8-10-25)13-17-3-5-18(6-4-17)19-12-21-23(2)14-19/h3-6,11-12,14H,7-10,13,15H2,1-2H3. The van der Waals surface area contributed by atoms with E-state index in [4.69, 9.17) is 4.52 Å². The summed E-state index contributed by atoms with van der Waals surface area (Å²) in [5.74, 6) is 0.883. The zero-order valence-electron chi connectivity index (χ0n) is 15.4. The normalized spacial score (nSPS) is 16.2. The fourth-order valence-corrected chi connectivity index (χ4v) is 3.46. The van der Waals surface area contributed by atoms with Gasteiger partial charge in [-0.2, -0.15) is 5.10 Å². The number of hydrogen-bond acceptors (Lipinski definition) is 5. The third-order valence-electron chi connectivity index (χ3n) is 4.93. The number of rotatable bonds is 5. The monoisotopic (exact) mass is 351 g/mol. The van der Waals surface area contributed by atoms with E-state index >= 15 is 0 Å². The zero-order valence-corrected chi connectivity index (χ0v) is 15.4. The molecule has 0 radical (unpaired) electrons. The Labute approximate surface area is 154 Å². The van der Waals surface area contributed by atoms with Crippen LogP contribution in [0.25, 0.3) is 11.1 Å². The molecule has 6 heteroatoms. The predicted octanol–water partition coefficient (Wildman–Crippen LogP) is 2.70. The van der Waals surface area contributed by atoms with E-state index in [2.05, 4.69) is 44.3 Å². The topological polar surface area (TPSA) is 50.3 Å². The average Bonchev–Trinajstić information content (AvgIpc) is 3.26. The van der Waals surface area contributed by atoms with Crippen LogP contribution in [0.15, 0.2) is 47.2 Å². The predicted molar refractivity (Wildman–Crippen MR) is 100 cm³/mol. The molecule has 0 unspecified atom stereocenters. The average molecular weight is 351 g/mol. The maximum absolute atomic E-state index is 5.16. The molecule has 0 N–H and O–H groups in total. The Morgan fingerprint density at radius 1 is 0.962 bits per heavy atom. The van der Waals surface area contributed by atoms with Crippen LogP contribution in [-0.2, 0) is 20.1 Å². The van der Waals surface area contributed by atoms with E-state index in [0.717, 1.165) is 56.3 Å². The lowest BCUT2D eigenvalue weighted by Crippen LogP contribution is -2.45. The summed E-state index contributed by atoms with van der Waals surface area (Å²) >= 11 is 0. The van der Waals surface area contributed by atoms with Crippen molar-refractivity contribution in [3.8, 4) is 11.1 Å². The van der Waals surface area contributed by atoms with Crippen molar-refractivity contribution >= 4 is 0 Å². The van der Waals surface area contributed by atoms with Gasteiger partial charge in [0, 0.05) is 64.1 Å². The number of nitrogens with zero attached hydrogens (tertiary/aromatic N) is 5. The largest absolute Gasteiger partial charge is 0.361 e. The lowest BCUT2D eigenvalue weighted by Gasteiger charge is -2.34. The molecule has 0 aliphatic carbocycles. The third-order valence-corrected chi connectivity index (χ3v) is 4.93. The first-order chi connectivity index (χ1) is 12.7. The Morgan fingerprint density at radius 3 is 2.23 bits per heavy atom. The van der Waals surface area contributed by atoms with Crippen LogP contribution in [0.1, 0.15) is 17.0 Å². The fourth-order valence-electron chi connectivity index (χ4n) is 3.46. The van der Waals surface area contributed by atoms with Gasteiger partial charge in [-0.15, -0.1) is 0 Å². The molecule has 0 amide bonds. The minimum Gasteiger partial charge on any atom is -0.361 e. The smallest absolute Gasteiger partial charge is 0.133 e. The van der Waals surface area contributed by atoms with Crippen molar-refractivity contribution < 1.29 is 4.52 Å². The Hall–Kier alpha value is -2.44. The van der Waals surface area contributed by atoms with Crippen LogP contribution >= 0.6 is 0 Å². The van der Waals surface area contributed by atoms with E-state index < -0.39 is 0 Å². The lowest BCUT2D eigenvalue weighted by atomic mass is 10.1. The first-order valence-corrected chi connectivity index (χ1v) is 9.10. The number of hydrogen-bond donors (Lipinski definition) is 0. The summed E-state index contributed by atoms with van der Waals surface area (Å²) in [5, 5.41) is 8.34. The first kappa shape index (κ1) is 17.0. The molecule has 0 bridgehead atoms. The highest BCUT2D eigenvalue weighted by atomic mass is 16.5. The van der Waals surface area contributed by atoms with E-state index in [9.17, 15) is 0 Å². The highest BCUT2D eigenvalue weighted by Crippen LogP contribution is 2.20. The fraction of sp³-hybridized carbons (Fsp3) is 0.400. The maximum atomic E-state index is 5.16. The van der Waals surface area contributed by atoms with Gasteiger partial charge in [-0.1, -0.05) is 29.4 Å². The third kappa shape index (κ3) is 4.03. The summed E-state index contributed by atoms with van der Waals surface area (Å²) in [6, 6.07) is 10.9. The van der Waals surface area contributed by atoms with E-state index in [-0.39, 0.29) is 0 Å². The summed E-state index contributed by atoms with van der Waals surface area (Å²) in [4.78, 5) is 4.96. The van der Waals surface area contributed by atoms with Crippen molar-refractivity contribution in [1.29, 1.82) is 0 Å². The molecule has 0 saturated carbocycles. The molecular formula is C20H25N5O. The van der Waals surface area contributed by atoms with Crippen molar-refractivity contribution in [2.45, 2.75) is 20.0 Å². The van der Waals surface area contributed by atoms with E-state index in [1.54, 1.807) is 0 Å². The number of aromatic nitrogens is 3. The molecule has 1 saturated heterocycles. The Kier molecular flexibility index (Phi) is 4.86. The van der Waals surface area contributed by atoms with Crippen LogP contribution in [0.2, 0.25) is 0 Å². The summed E-state index contributed by atoms with van der Waals surface area (Å²) in [5.41, 5.74) is 4.77. The van der Waals surface area contributed by atoms with Gasteiger partial charge in [0.15, 0.2) is 0 Å². The van der Waals surface area contributed by atoms with Crippen molar-refractivity contribution in [2.24, 2.45) is 7.05 Å². The molecule has 3 heterocycles. The SMILES string of the molecule is Cc1cc(CN2CCN(Cc3ccc(-c4cnn(C)c4)cc3)CC2)no1. The zero-order chi connectivity index (χ0) is 17.9. The molecular weight excluding hydrogens is 326 g/mol. The van der Waals surface area contributed by atoms with Crippen LogP contribution in [0.4, 0.5) is 0 Å². The number of aryl methyl sites for hydroxylation is 2. The van der Waals surface area contributed by atoms with Crippen LogP contribution in [-0.4, -0.2) is 50.9 Å². The molecule has 1 aliphatic heterocycles. The van der Waals surface area contributed by atoms with E-state index in [0.29, 0.717) is 0 Å². The summed E-state index contributed by atoms with van der Waals surface area (Å²) in [6.45, 7) is 8.13. The molecule has 1 aromatic carbocycles.